The van der Waals surface area contributed by atoms with E-state index >= 15 is 0 Å². The smallest absolute Gasteiger partial charge is 0.0459 e. The normalized spacial score (nSPS) is 32.1. The highest BCUT2D eigenvalue weighted by Crippen LogP contribution is 2.36. The molecule has 0 aliphatic heterocycles. The average molecular weight is 184 g/mol. The SMILES string of the molecule is CC(C)C1CCC([C@H](C)CO)CC1. The van der Waals surface area contributed by atoms with E-state index in [0.29, 0.717) is 12.5 Å². The minimum atomic E-state index is 0.372. The molecule has 1 rings (SSSR count). The molecule has 13 heavy (non-hydrogen) atoms. The molecule has 78 valence electrons. The van der Waals surface area contributed by atoms with Crippen LogP contribution in [0.4, 0.5) is 0 Å². The van der Waals surface area contributed by atoms with E-state index in [0.717, 1.165) is 17.8 Å². The topological polar surface area (TPSA) is 20.2 Å². The zero-order valence-electron chi connectivity index (χ0n) is 9.29. The van der Waals surface area contributed by atoms with Crippen molar-refractivity contribution in [3.8, 4) is 0 Å². The van der Waals surface area contributed by atoms with E-state index in [2.05, 4.69) is 20.8 Å². The molecule has 1 saturated carbocycles. The van der Waals surface area contributed by atoms with Crippen LogP contribution >= 0.6 is 0 Å². The van der Waals surface area contributed by atoms with Gasteiger partial charge in [0.25, 0.3) is 0 Å². The summed E-state index contributed by atoms with van der Waals surface area (Å²) < 4.78 is 0. The molecule has 0 bridgehead atoms. The van der Waals surface area contributed by atoms with E-state index in [4.69, 9.17) is 5.11 Å². The van der Waals surface area contributed by atoms with E-state index in [9.17, 15) is 0 Å². The van der Waals surface area contributed by atoms with Gasteiger partial charge in [0, 0.05) is 6.61 Å². The second-order valence-corrected chi connectivity index (χ2v) is 5.08. The van der Waals surface area contributed by atoms with Gasteiger partial charge in [-0.2, -0.15) is 0 Å². The first-order chi connectivity index (χ1) is 6.15. The Bertz CT molecular complexity index is 134. The molecule has 0 unspecified atom stereocenters. The van der Waals surface area contributed by atoms with Crippen LogP contribution in [0, 0.1) is 23.7 Å². The fourth-order valence-electron chi connectivity index (χ4n) is 2.53. The Morgan fingerprint density at radius 3 is 1.85 bits per heavy atom. The third-order valence-electron chi connectivity index (χ3n) is 3.85. The van der Waals surface area contributed by atoms with Crippen molar-refractivity contribution < 1.29 is 5.11 Å². The first-order valence-electron chi connectivity index (χ1n) is 5.76. The fourth-order valence-corrected chi connectivity index (χ4v) is 2.53. The number of aliphatic hydroxyl groups is 1. The van der Waals surface area contributed by atoms with E-state index < -0.39 is 0 Å². The lowest BCUT2D eigenvalue weighted by Crippen LogP contribution is -2.24. The second-order valence-electron chi connectivity index (χ2n) is 5.08. The maximum Gasteiger partial charge on any atom is 0.0459 e. The largest absolute Gasteiger partial charge is 0.396 e. The van der Waals surface area contributed by atoms with Crippen LogP contribution in [0.5, 0.6) is 0 Å². The van der Waals surface area contributed by atoms with Gasteiger partial charge in [0.15, 0.2) is 0 Å². The zero-order chi connectivity index (χ0) is 9.84. The first kappa shape index (κ1) is 11.0. The predicted octanol–water partition coefficient (Wildman–Crippen LogP) is 3.08. The minimum absolute atomic E-state index is 0.372. The van der Waals surface area contributed by atoms with Gasteiger partial charge in [-0.3, -0.25) is 0 Å². The molecule has 0 saturated heterocycles. The third-order valence-corrected chi connectivity index (χ3v) is 3.85. The average Bonchev–Trinajstić information content (AvgIpc) is 2.17. The first-order valence-corrected chi connectivity index (χ1v) is 5.76. The van der Waals surface area contributed by atoms with Gasteiger partial charge in [-0.15, -0.1) is 0 Å². The molecular formula is C12H24O. The Morgan fingerprint density at radius 2 is 1.46 bits per heavy atom. The highest BCUT2D eigenvalue weighted by Gasteiger charge is 2.25. The van der Waals surface area contributed by atoms with Gasteiger partial charge >= 0.3 is 0 Å². The summed E-state index contributed by atoms with van der Waals surface area (Å²) in [4.78, 5) is 0. The molecule has 1 aliphatic carbocycles. The van der Waals surface area contributed by atoms with Crippen LogP contribution in [0.3, 0.4) is 0 Å². The van der Waals surface area contributed by atoms with Crippen LogP contribution < -0.4 is 0 Å². The number of hydrogen-bond donors (Lipinski definition) is 1. The summed E-state index contributed by atoms with van der Waals surface area (Å²) in [7, 11) is 0. The molecule has 0 amide bonds. The van der Waals surface area contributed by atoms with Gasteiger partial charge in [0.2, 0.25) is 0 Å². The summed E-state index contributed by atoms with van der Waals surface area (Å²) in [6, 6.07) is 0. The zero-order valence-corrected chi connectivity index (χ0v) is 9.29. The van der Waals surface area contributed by atoms with Gasteiger partial charge in [0.05, 0.1) is 0 Å². The lowest BCUT2D eigenvalue weighted by molar-refractivity contribution is 0.131. The molecule has 1 atom stereocenters. The van der Waals surface area contributed by atoms with Crippen molar-refractivity contribution in [2.24, 2.45) is 23.7 Å². The molecule has 1 aliphatic rings. The lowest BCUT2D eigenvalue weighted by atomic mass is 9.73. The summed E-state index contributed by atoms with van der Waals surface area (Å²) in [5.41, 5.74) is 0. The Labute approximate surface area is 82.5 Å². The van der Waals surface area contributed by atoms with Gasteiger partial charge in [-0.1, -0.05) is 20.8 Å². The quantitative estimate of drug-likeness (QED) is 0.714. The maximum absolute atomic E-state index is 9.06. The van der Waals surface area contributed by atoms with Crippen molar-refractivity contribution >= 4 is 0 Å². The fraction of sp³-hybridized carbons (Fsp3) is 1.00. The molecule has 1 nitrogen and oxygen atoms in total. The van der Waals surface area contributed by atoms with Crippen molar-refractivity contribution in [3.05, 3.63) is 0 Å². The molecule has 0 aromatic carbocycles. The van der Waals surface area contributed by atoms with Crippen LogP contribution in [0.1, 0.15) is 46.5 Å². The summed E-state index contributed by atoms with van der Waals surface area (Å²) in [5.74, 6) is 3.11. The molecule has 0 radical (unpaired) electrons. The molecule has 0 aromatic heterocycles. The van der Waals surface area contributed by atoms with Gasteiger partial charge in [-0.25, -0.2) is 0 Å². The Morgan fingerprint density at radius 1 is 1.00 bits per heavy atom. The highest BCUT2D eigenvalue weighted by atomic mass is 16.3. The van der Waals surface area contributed by atoms with Crippen molar-refractivity contribution in [1.82, 2.24) is 0 Å². The van der Waals surface area contributed by atoms with Crippen LogP contribution in [0.2, 0.25) is 0 Å². The number of hydrogen-bond acceptors (Lipinski definition) is 1. The lowest BCUT2D eigenvalue weighted by Gasteiger charge is -2.33. The van der Waals surface area contributed by atoms with E-state index in [1.165, 1.54) is 25.7 Å². The van der Waals surface area contributed by atoms with Crippen LogP contribution in [-0.4, -0.2) is 11.7 Å². The second kappa shape index (κ2) is 4.99. The van der Waals surface area contributed by atoms with Crippen molar-refractivity contribution in [2.45, 2.75) is 46.5 Å². The van der Waals surface area contributed by atoms with E-state index in [-0.39, 0.29) is 0 Å². The van der Waals surface area contributed by atoms with Gasteiger partial charge in [-0.05, 0) is 49.4 Å². The van der Waals surface area contributed by atoms with Crippen molar-refractivity contribution in [3.63, 3.8) is 0 Å². The minimum Gasteiger partial charge on any atom is -0.396 e. The standard InChI is InChI=1S/C12H24O/c1-9(2)11-4-6-12(7-5-11)10(3)8-13/h9-13H,4-8H2,1-3H3/t10-,11?,12?/m1/s1. The van der Waals surface area contributed by atoms with Crippen LogP contribution in [0.15, 0.2) is 0 Å². The molecular weight excluding hydrogens is 160 g/mol. The van der Waals surface area contributed by atoms with Gasteiger partial charge < -0.3 is 5.11 Å². The van der Waals surface area contributed by atoms with Crippen molar-refractivity contribution in [1.29, 1.82) is 0 Å². The number of rotatable bonds is 3. The Kier molecular flexibility index (Phi) is 4.24. The summed E-state index contributed by atoms with van der Waals surface area (Å²) in [5, 5.41) is 9.06. The Balaban J connectivity index is 2.30. The molecule has 0 aromatic rings. The van der Waals surface area contributed by atoms with E-state index in [1.54, 1.807) is 0 Å². The summed E-state index contributed by atoms with van der Waals surface area (Å²) >= 11 is 0. The maximum atomic E-state index is 9.06. The van der Waals surface area contributed by atoms with Crippen LogP contribution in [-0.2, 0) is 0 Å². The third kappa shape index (κ3) is 2.98. The molecule has 1 heteroatoms. The number of aliphatic hydroxyl groups excluding tert-OH is 1. The summed E-state index contributed by atoms with van der Waals surface area (Å²) in [6.07, 6.45) is 5.44. The molecule has 0 heterocycles. The Hall–Kier alpha value is -0.0400. The predicted molar refractivity (Wildman–Crippen MR) is 56.5 cm³/mol. The molecule has 1 N–H and O–H groups in total. The van der Waals surface area contributed by atoms with Crippen LogP contribution in [0.25, 0.3) is 0 Å². The highest BCUT2D eigenvalue weighted by molar-refractivity contribution is 4.77. The van der Waals surface area contributed by atoms with Gasteiger partial charge in [0.1, 0.15) is 0 Å². The monoisotopic (exact) mass is 184 g/mol. The molecule has 1 fully saturated rings. The molecule has 0 spiro atoms. The van der Waals surface area contributed by atoms with Crippen molar-refractivity contribution in [2.75, 3.05) is 6.61 Å². The summed E-state index contributed by atoms with van der Waals surface area (Å²) in [6.45, 7) is 7.22. The van der Waals surface area contributed by atoms with E-state index in [1.807, 2.05) is 0 Å².